The number of nitrogens with zero attached hydrogens (tertiary/aromatic N) is 3. The molecule has 3 heterocycles. The van der Waals surface area contributed by atoms with Crippen LogP contribution in [0.4, 0.5) is 5.69 Å². The molecule has 2 aromatic carbocycles. The van der Waals surface area contributed by atoms with E-state index < -0.39 is 0 Å². The number of benzene rings is 2. The zero-order chi connectivity index (χ0) is 22.4. The number of hydrogen-bond donors (Lipinski definition) is 1. The van der Waals surface area contributed by atoms with Gasteiger partial charge in [0.05, 0.1) is 30.0 Å². The number of fused-ring (bicyclic) bond motifs is 1. The van der Waals surface area contributed by atoms with Crippen molar-refractivity contribution in [2.24, 2.45) is 0 Å². The highest BCUT2D eigenvalue weighted by Crippen LogP contribution is 2.47. The number of aryl methyl sites for hydroxylation is 1. The van der Waals surface area contributed by atoms with Crippen molar-refractivity contribution in [1.82, 2.24) is 14.8 Å². The highest BCUT2D eigenvalue weighted by atomic mass is 16.5. The standard InChI is InChI=1S/C26H28N4O3/c1-16-28-29-26(32-16)24-22-10-9-21(33-20-11-13-31-14-12-20)15-23(22)30(19-3-2-4-19)25(24)17-5-7-18(27)8-6-17/h5-10,15,19-20H,2-4,11-14,27H2,1H3. The van der Waals surface area contributed by atoms with Crippen LogP contribution >= 0.6 is 0 Å². The third kappa shape index (κ3) is 3.66. The molecule has 1 aliphatic heterocycles. The van der Waals surface area contributed by atoms with Crippen molar-refractivity contribution in [3.8, 4) is 28.5 Å². The SMILES string of the molecule is Cc1nnc(-c2c(-c3ccc(N)cc3)n(C3CCC3)c3cc(OC4CCOCC4)ccc23)o1. The molecule has 2 aliphatic rings. The van der Waals surface area contributed by atoms with Crippen LogP contribution in [-0.2, 0) is 4.74 Å². The molecule has 7 heteroatoms. The minimum Gasteiger partial charge on any atom is -0.490 e. The largest absolute Gasteiger partial charge is 0.490 e. The van der Waals surface area contributed by atoms with E-state index in [4.69, 9.17) is 19.6 Å². The molecule has 2 aromatic heterocycles. The molecule has 0 spiro atoms. The molecular weight excluding hydrogens is 416 g/mol. The Morgan fingerprint density at radius 1 is 1.00 bits per heavy atom. The van der Waals surface area contributed by atoms with Gasteiger partial charge in [0.2, 0.25) is 5.89 Å². The van der Waals surface area contributed by atoms with Gasteiger partial charge >= 0.3 is 0 Å². The van der Waals surface area contributed by atoms with Crippen molar-refractivity contribution >= 4 is 16.6 Å². The molecular formula is C26H28N4O3. The van der Waals surface area contributed by atoms with Crippen molar-refractivity contribution in [1.29, 1.82) is 0 Å². The predicted octanol–water partition coefficient (Wildman–Crippen LogP) is 5.53. The molecule has 0 atom stereocenters. The number of nitrogens with two attached hydrogens (primary N) is 1. The third-order valence-corrected chi connectivity index (χ3v) is 6.81. The van der Waals surface area contributed by atoms with Gasteiger partial charge in [0.25, 0.3) is 5.89 Å². The minimum absolute atomic E-state index is 0.193. The highest BCUT2D eigenvalue weighted by molar-refractivity contribution is 6.03. The third-order valence-electron chi connectivity index (χ3n) is 6.81. The summed E-state index contributed by atoms with van der Waals surface area (Å²) < 4.78 is 20.3. The van der Waals surface area contributed by atoms with Gasteiger partial charge in [-0.15, -0.1) is 10.2 Å². The van der Waals surface area contributed by atoms with Crippen LogP contribution in [0.3, 0.4) is 0 Å². The second kappa shape index (κ2) is 8.23. The Morgan fingerprint density at radius 2 is 1.79 bits per heavy atom. The Hall–Kier alpha value is -3.32. The predicted molar refractivity (Wildman–Crippen MR) is 127 cm³/mol. The number of rotatable bonds is 5. The lowest BCUT2D eigenvalue weighted by Gasteiger charge is -2.30. The summed E-state index contributed by atoms with van der Waals surface area (Å²) in [5.41, 5.74) is 11.0. The Labute approximate surface area is 192 Å². The summed E-state index contributed by atoms with van der Waals surface area (Å²) in [6.07, 6.45) is 5.57. The Bertz CT molecular complexity index is 1280. The lowest BCUT2D eigenvalue weighted by Crippen LogP contribution is -2.25. The van der Waals surface area contributed by atoms with Gasteiger partial charge in [-0.1, -0.05) is 12.1 Å². The van der Waals surface area contributed by atoms with Gasteiger partial charge in [-0.05, 0) is 49.1 Å². The average molecular weight is 445 g/mol. The zero-order valence-electron chi connectivity index (χ0n) is 18.8. The fourth-order valence-corrected chi connectivity index (χ4v) is 4.91. The van der Waals surface area contributed by atoms with Crippen LogP contribution in [0, 0.1) is 6.92 Å². The van der Waals surface area contributed by atoms with Crippen LogP contribution < -0.4 is 10.5 Å². The monoisotopic (exact) mass is 444 g/mol. The van der Waals surface area contributed by atoms with E-state index in [0.29, 0.717) is 17.8 Å². The van der Waals surface area contributed by atoms with Gasteiger partial charge in [0.1, 0.15) is 11.9 Å². The van der Waals surface area contributed by atoms with E-state index in [2.05, 4.69) is 45.1 Å². The highest BCUT2D eigenvalue weighted by Gasteiger charge is 2.30. The summed E-state index contributed by atoms with van der Waals surface area (Å²) in [4.78, 5) is 0. The van der Waals surface area contributed by atoms with Crippen molar-refractivity contribution in [3.05, 3.63) is 48.4 Å². The first-order valence-electron chi connectivity index (χ1n) is 11.8. The van der Waals surface area contributed by atoms with Gasteiger partial charge < -0.3 is 24.2 Å². The van der Waals surface area contributed by atoms with E-state index >= 15 is 0 Å². The fraction of sp³-hybridized carbons (Fsp3) is 0.385. The summed E-state index contributed by atoms with van der Waals surface area (Å²) in [7, 11) is 0. The Morgan fingerprint density at radius 3 is 2.45 bits per heavy atom. The van der Waals surface area contributed by atoms with Gasteiger partial charge in [-0.25, -0.2) is 0 Å². The number of aromatic nitrogens is 3. The van der Waals surface area contributed by atoms with Crippen molar-refractivity contribution in [2.45, 2.75) is 51.2 Å². The summed E-state index contributed by atoms with van der Waals surface area (Å²) in [5.74, 6) is 1.99. The first-order chi connectivity index (χ1) is 16.2. The Kier molecular flexibility index (Phi) is 5.06. The van der Waals surface area contributed by atoms with E-state index in [1.165, 1.54) is 6.42 Å². The van der Waals surface area contributed by atoms with Crippen LogP contribution in [0.1, 0.15) is 44.0 Å². The van der Waals surface area contributed by atoms with Crippen LogP contribution in [0.5, 0.6) is 5.75 Å². The van der Waals surface area contributed by atoms with Gasteiger partial charge in [0.15, 0.2) is 0 Å². The van der Waals surface area contributed by atoms with Crippen LogP contribution in [0.25, 0.3) is 33.6 Å². The normalized spacial score (nSPS) is 17.4. The van der Waals surface area contributed by atoms with Gasteiger partial charge in [-0.3, -0.25) is 0 Å². The quantitative estimate of drug-likeness (QED) is 0.407. The first-order valence-corrected chi connectivity index (χ1v) is 11.8. The zero-order valence-corrected chi connectivity index (χ0v) is 18.8. The first kappa shape index (κ1) is 20.3. The lowest BCUT2D eigenvalue weighted by molar-refractivity contribution is 0.0256. The van der Waals surface area contributed by atoms with E-state index in [0.717, 1.165) is 78.1 Å². The maximum Gasteiger partial charge on any atom is 0.250 e. The maximum absolute atomic E-state index is 6.37. The molecule has 1 saturated heterocycles. The average Bonchev–Trinajstić information content (AvgIpc) is 3.35. The van der Waals surface area contributed by atoms with Crippen LogP contribution in [0.2, 0.25) is 0 Å². The lowest BCUT2D eigenvalue weighted by atomic mass is 9.92. The molecule has 0 bridgehead atoms. The summed E-state index contributed by atoms with van der Waals surface area (Å²) in [6, 6.07) is 14.8. The molecule has 2 fully saturated rings. The van der Waals surface area contributed by atoms with Crippen molar-refractivity contribution < 1.29 is 13.9 Å². The second-order valence-electron chi connectivity index (χ2n) is 9.04. The number of hydrogen-bond acceptors (Lipinski definition) is 6. The molecule has 4 aromatic rings. The van der Waals surface area contributed by atoms with Crippen LogP contribution in [-0.4, -0.2) is 34.1 Å². The van der Waals surface area contributed by atoms with Crippen LogP contribution in [0.15, 0.2) is 46.9 Å². The molecule has 170 valence electrons. The van der Waals surface area contributed by atoms with E-state index in [9.17, 15) is 0 Å². The Balaban J connectivity index is 1.56. The minimum atomic E-state index is 0.193. The molecule has 1 saturated carbocycles. The fourth-order valence-electron chi connectivity index (χ4n) is 4.91. The molecule has 1 aliphatic carbocycles. The van der Waals surface area contributed by atoms with Crippen molar-refractivity contribution in [2.75, 3.05) is 18.9 Å². The number of nitrogen functional groups attached to an aromatic ring is 1. The summed E-state index contributed by atoms with van der Waals surface area (Å²) in [5, 5.41) is 9.62. The number of anilines is 1. The molecule has 0 radical (unpaired) electrons. The molecule has 2 N–H and O–H groups in total. The summed E-state index contributed by atoms with van der Waals surface area (Å²) in [6.45, 7) is 3.34. The molecule has 6 rings (SSSR count). The smallest absolute Gasteiger partial charge is 0.250 e. The molecule has 33 heavy (non-hydrogen) atoms. The van der Waals surface area contributed by atoms with Crippen molar-refractivity contribution in [3.63, 3.8) is 0 Å². The summed E-state index contributed by atoms with van der Waals surface area (Å²) >= 11 is 0. The molecule has 0 amide bonds. The maximum atomic E-state index is 6.37. The number of ether oxygens (including phenoxy) is 2. The molecule has 7 nitrogen and oxygen atoms in total. The topological polar surface area (TPSA) is 88.3 Å². The van der Waals surface area contributed by atoms with E-state index in [-0.39, 0.29) is 6.10 Å². The van der Waals surface area contributed by atoms with Gasteiger partial charge in [0, 0.05) is 42.9 Å². The van der Waals surface area contributed by atoms with Gasteiger partial charge in [-0.2, -0.15) is 0 Å². The molecule has 0 unspecified atom stereocenters. The van der Waals surface area contributed by atoms with E-state index in [1.54, 1.807) is 0 Å². The van der Waals surface area contributed by atoms with E-state index in [1.807, 2.05) is 19.1 Å². The second-order valence-corrected chi connectivity index (χ2v) is 9.04.